The van der Waals surface area contributed by atoms with Gasteiger partial charge < -0.3 is 10.4 Å². The van der Waals surface area contributed by atoms with E-state index in [0.717, 1.165) is 49.7 Å². The van der Waals surface area contributed by atoms with E-state index in [1.807, 2.05) is 6.92 Å². The Hall–Kier alpha value is -1.43. The molecule has 0 amide bonds. The molecule has 2 N–H and O–H groups in total. The van der Waals surface area contributed by atoms with Gasteiger partial charge in [-0.05, 0) is 50.4 Å². The first-order valence-electron chi connectivity index (χ1n) is 8.30. The van der Waals surface area contributed by atoms with Gasteiger partial charge in [0, 0.05) is 29.9 Å². The van der Waals surface area contributed by atoms with E-state index in [1.54, 1.807) is 11.3 Å². The van der Waals surface area contributed by atoms with Crippen molar-refractivity contribution in [2.75, 3.05) is 25.0 Å². The fraction of sp³-hybridized carbons (Fsp3) is 0.500. The monoisotopic (exact) mass is 331 g/mol. The van der Waals surface area contributed by atoms with Crippen LogP contribution >= 0.6 is 11.3 Å². The Labute approximate surface area is 142 Å². The van der Waals surface area contributed by atoms with Crippen LogP contribution in [0.1, 0.15) is 29.1 Å². The number of nitrogens with one attached hydrogen (secondary N) is 1. The average Bonchev–Trinajstić information content (AvgIpc) is 3.00. The molecule has 5 heteroatoms. The molecule has 1 fully saturated rings. The maximum absolute atomic E-state index is 9.26. The molecule has 1 aromatic heterocycles. The molecule has 0 atom stereocenters. The molecule has 23 heavy (non-hydrogen) atoms. The van der Waals surface area contributed by atoms with E-state index in [9.17, 15) is 5.11 Å². The van der Waals surface area contributed by atoms with Crippen LogP contribution in [0.5, 0.6) is 0 Å². The molecule has 1 aliphatic rings. The number of rotatable bonds is 6. The number of likely N-dealkylation sites (tertiary alicyclic amines) is 1. The topological polar surface area (TPSA) is 48.4 Å². The number of aliphatic hydroxyl groups is 1. The molecule has 2 aromatic rings. The van der Waals surface area contributed by atoms with Crippen molar-refractivity contribution in [2.45, 2.75) is 32.9 Å². The van der Waals surface area contributed by atoms with Crippen molar-refractivity contribution in [3.63, 3.8) is 0 Å². The van der Waals surface area contributed by atoms with E-state index in [2.05, 4.69) is 44.8 Å². The van der Waals surface area contributed by atoms with Crippen LogP contribution in [0.15, 0.2) is 29.6 Å². The normalized spacial score (nSPS) is 16.6. The van der Waals surface area contributed by atoms with Crippen LogP contribution in [0.4, 0.5) is 5.69 Å². The van der Waals surface area contributed by atoms with Crippen LogP contribution in [-0.2, 0) is 13.1 Å². The van der Waals surface area contributed by atoms with Gasteiger partial charge in [-0.2, -0.15) is 0 Å². The first kappa shape index (κ1) is 16.4. The van der Waals surface area contributed by atoms with Gasteiger partial charge >= 0.3 is 0 Å². The first-order valence-corrected chi connectivity index (χ1v) is 9.18. The number of hydrogen-bond donors (Lipinski definition) is 2. The lowest BCUT2D eigenvalue weighted by molar-refractivity contribution is 0.127. The molecule has 0 bridgehead atoms. The molecule has 0 aliphatic carbocycles. The number of aromatic nitrogens is 1. The number of hydrogen-bond acceptors (Lipinski definition) is 5. The Morgan fingerprint density at radius 1 is 1.30 bits per heavy atom. The van der Waals surface area contributed by atoms with Gasteiger partial charge in [-0.3, -0.25) is 4.90 Å². The average molecular weight is 331 g/mol. The quantitative estimate of drug-likeness (QED) is 0.853. The van der Waals surface area contributed by atoms with Crippen LogP contribution < -0.4 is 5.32 Å². The zero-order chi connectivity index (χ0) is 16.1. The molecule has 1 saturated heterocycles. The number of piperidine rings is 1. The largest absolute Gasteiger partial charge is 0.396 e. The number of nitrogens with zero attached hydrogens (tertiary/aromatic N) is 2. The lowest BCUT2D eigenvalue weighted by atomic mass is 9.97. The predicted octanol–water partition coefficient (Wildman–Crippen LogP) is 3.27. The Morgan fingerprint density at radius 3 is 2.78 bits per heavy atom. The minimum absolute atomic E-state index is 0.333. The fourth-order valence-electron chi connectivity index (χ4n) is 3.05. The van der Waals surface area contributed by atoms with E-state index in [4.69, 9.17) is 0 Å². The standard InChI is InChI=1S/C18H25N3OS/c1-14-13-23-18(20-14)10-19-17-5-3-2-4-16(17)11-21-8-6-15(12-22)7-9-21/h2-5,13,15,19,22H,6-12H2,1H3. The molecule has 0 spiro atoms. The maximum Gasteiger partial charge on any atom is 0.112 e. The second-order valence-electron chi connectivity index (χ2n) is 6.30. The van der Waals surface area contributed by atoms with Crippen molar-refractivity contribution in [3.8, 4) is 0 Å². The number of aryl methyl sites for hydroxylation is 1. The lowest BCUT2D eigenvalue weighted by Gasteiger charge is -2.31. The second kappa shape index (κ2) is 7.90. The van der Waals surface area contributed by atoms with E-state index in [1.165, 1.54) is 11.3 Å². The van der Waals surface area contributed by atoms with E-state index >= 15 is 0 Å². The predicted molar refractivity (Wildman–Crippen MR) is 95.7 cm³/mol. The minimum Gasteiger partial charge on any atom is -0.396 e. The van der Waals surface area contributed by atoms with Gasteiger partial charge in [0.2, 0.25) is 0 Å². The van der Waals surface area contributed by atoms with Gasteiger partial charge in [-0.15, -0.1) is 11.3 Å². The number of thiazole rings is 1. The molecule has 0 saturated carbocycles. The minimum atomic E-state index is 0.333. The van der Waals surface area contributed by atoms with Crippen molar-refractivity contribution in [3.05, 3.63) is 45.9 Å². The van der Waals surface area contributed by atoms with Crippen LogP contribution in [0.3, 0.4) is 0 Å². The number of benzene rings is 1. The number of para-hydroxylation sites is 1. The van der Waals surface area contributed by atoms with E-state index in [0.29, 0.717) is 12.5 Å². The van der Waals surface area contributed by atoms with Gasteiger partial charge in [0.15, 0.2) is 0 Å². The van der Waals surface area contributed by atoms with Crippen LogP contribution in [0, 0.1) is 12.8 Å². The summed E-state index contributed by atoms with van der Waals surface area (Å²) >= 11 is 1.71. The number of anilines is 1. The third-order valence-corrected chi connectivity index (χ3v) is 5.44. The third-order valence-electron chi connectivity index (χ3n) is 4.47. The Morgan fingerprint density at radius 2 is 2.09 bits per heavy atom. The zero-order valence-electron chi connectivity index (χ0n) is 13.7. The Balaban J connectivity index is 1.59. The molecule has 4 nitrogen and oxygen atoms in total. The summed E-state index contributed by atoms with van der Waals surface area (Å²) < 4.78 is 0. The van der Waals surface area contributed by atoms with Gasteiger partial charge in [-0.25, -0.2) is 4.98 Å². The van der Waals surface area contributed by atoms with E-state index < -0.39 is 0 Å². The summed E-state index contributed by atoms with van der Waals surface area (Å²) in [4.78, 5) is 7.00. The van der Waals surface area contributed by atoms with Crippen LogP contribution in [0.2, 0.25) is 0 Å². The SMILES string of the molecule is Cc1csc(CNc2ccccc2CN2CCC(CO)CC2)n1. The highest BCUT2D eigenvalue weighted by Crippen LogP contribution is 2.23. The lowest BCUT2D eigenvalue weighted by Crippen LogP contribution is -2.34. The highest BCUT2D eigenvalue weighted by atomic mass is 32.1. The van der Waals surface area contributed by atoms with Gasteiger partial charge in [0.1, 0.15) is 5.01 Å². The molecule has 1 aromatic carbocycles. The molecular formula is C18H25N3OS. The van der Waals surface area contributed by atoms with E-state index in [-0.39, 0.29) is 0 Å². The molecule has 3 rings (SSSR count). The summed E-state index contributed by atoms with van der Waals surface area (Å²) in [6, 6.07) is 8.54. The molecule has 0 unspecified atom stereocenters. The fourth-order valence-corrected chi connectivity index (χ4v) is 3.76. The van der Waals surface area contributed by atoms with Crippen molar-refractivity contribution in [2.24, 2.45) is 5.92 Å². The molecular weight excluding hydrogens is 306 g/mol. The summed E-state index contributed by atoms with van der Waals surface area (Å²) in [7, 11) is 0. The van der Waals surface area contributed by atoms with Crippen molar-refractivity contribution in [1.82, 2.24) is 9.88 Å². The zero-order valence-corrected chi connectivity index (χ0v) is 14.5. The summed E-state index contributed by atoms with van der Waals surface area (Å²) in [5, 5.41) is 16.0. The maximum atomic E-state index is 9.26. The van der Waals surface area contributed by atoms with Gasteiger partial charge in [0.25, 0.3) is 0 Å². The summed E-state index contributed by atoms with van der Waals surface area (Å²) in [6.07, 6.45) is 2.20. The van der Waals surface area contributed by atoms with Crippen molar-refractivity contribution >= 4 is 17.0 Å². The van der Waals surface area contributed by atoms with Crippen molar-refractivity contribution < 1.29 is 5.11 Å². The van der Waals surface area contributed by atoms with Crippen LogP contribution in [0.25, 0.3) is 0 Å². The molecule has 1 aliphatic heterocycles. The highest BCUT2D eigenvalue weighted by molar-refractivity contribution is 7.09. The second-order valence-corrected chi connectivity index (χ2v) is 7.24. The van der Waals surface area contributed by atoms with Gasteiger partial charge in [0.05, 0.1) is 6.54 Å². The van der Waals surface area contributed by atoms with Crippen molar-refractivity contribution in [1.29, 1.82) is 0 Å². The summed E-state index contributed by atoms with van der Waals surface area (Å²) in [5.41, 5.74) is 3.62. The number of aliphatic hydroxyl groups excluding tert-OH is 1. The Bertz CT molecular complexity index is 620. The highest BCUT2D eigenvalue weighted by Gasteiger charge is 2.19. The Kier molecular flexibility index (Phi) is 5.65. The summed E-state index contributed by atoms with van der Waals surface area (Å²) in [5.74, 6) is 0.493. The smallest absolute Gasteiger partial charge is 0.112 e. The first-order chi connectivity index (χ1) is 11.2. The third kappa shape index (κ3) is 4.53. The van der Waals surface area contributed by atoms with Gasteiger partial charge in [-0.1, -0.05) is 18.2 Å². The van der Waals surface area contributed by atoms with Crippen LogP contribution in [-0.4, -0.2) is 34.7 Å². The molecule has 124 valence electrons. The molecule has 0 radical (unpaired) electrons. The molecule has 2 heterocycles. The summed E-state index contributed by atoms with van der Waals surface area (Å²) in [6.45, 7) is 6.26.